The second kappa shape index (κ2) is 7.13. The highest BCUT2D eigenvalue weighted by atomic mass is 16.6. The fourth-order valence-electron chi connectivity index (χ4n) is 3.44. The molecule has 1 unspecified atom stereocenters. The Morgan fingerprint density at radius 3 is 2.19 bits per heavy atom. The quantitative estimate of drug-likeness (QED) is 0.749. The molecule has 1 aliphatic heterocycles. The summed E-state index contributed by atoms with van der Waals surface area (Å²) in [4.78, 5) is 26.7. The second-order valence-electron chi connectivity index (χ2n) is 6.21. The van der Waals surface area contributed by atoms with Gasteiger partial charge < -0.3 is 9.84 Å². The summed E-state index contributed by atoms with van der Waals surface area (Å²) < 4.78 is 5.15. The zero-order chi connectivity index (χ0) is 18.7. The van der Waals surface area contributed by atoms with Crippen molar-refractivity contribution in [2.24, 2.45) is 0 Å². The molecular formula is C20H18N4O3. The molecular weight excluding hydrogens is 344 g/mol. The average Bonchev–Trinajstić information content (AvgIpc) is 3.15. The lowest BCUT2D eigenvalue weighted by molar-refractivity contribution is -0.00642. The first-order valence-electron chi connectivity index (χ1n) is 8.59. The topological polar surface area (TPSA) is 88.4 Å². The lowest BCUT2D eigenvalue weighted by Gasteiger charge is -2.40. The van der Waals surface area contributed by atoms with E-state index in [0.29, 0.717) is 23.4 Å². The molecule has 136 valence electrons. The minimum atomic E-state index is -1.61. The normalized spacial score (nSPS) is 15.4. The average molecular weight is 362 g/mol. The van der Waals surface area contributed by atoms with Crippen molar-refractivity contribution in [2.45, 2.75) is 11.6 Å². The maximum atomic E-state index is 12.4. The van der Waals surface area contributed by atoms with E-state index < -0.39 is 17.7 Å². The van der Waals surface area contributed by atoms with E-state index in [1.54, 1.807) is 67.4 Å². The lowest BCUT2D eigenvalue weighted by Crippen LogP contribution is -2.46. The van der Waals surface area contributed by atoms with Gasteiger partial charge in [-0.1, -0.05) is 18.2 Å². The van der Waals surface area contributed by atoms with Gasteiger partial charge in [0.2, 0.25) is 0 Å². The summed E-state index contributed by atoms with van der Waals surface area (Å²) in [5.74, 6) is 0. The van der Waals surface area contributed by atoms with Crippen molar-refractivity contribution >= 4 is 6.09 Å². The number of carbonyl (C=O) groups excluding carboxylic acids is 1. The van der Waals surface area contributed by atoms with Gasteiger partial charge >= 0.3 is 6.09 Å². The number of carbonyl (C=O) groups is 1. The van der Waals surface area contributed by atoms with Gasteiger partial charge in [-0.25, -0.2) is 4.79 Å². The highest BCUT2D eigenvalue weighted by Crippen LogP contribution is 2.44. The standard InChI is InChI=1S/C20H18N4O3/c25-19-24(11-12-27-19)18(17-7-1-2-10-23-17)20(26,15-5-3-8-21-13-15)16-6-4-9-22-14-16/h1-10,13-14,18,26H,11-12H2. The minimum absolute atomic E-state index is 0.262. The van der Waals surface area contributed by atoms with E-state index in [4.69, 9.17) is 4.74 Å². The zero-order valence-corrected chi connectivity index (χ0v) is 14.5. The van der Waals surface area contributed by atoms with Gasteiger partial charge in [0.25, 0.3) is 0 Å². The molecule has 0 spiro atoms. The monoisotopic (exact) mass is 362 g/mol. The minimum Gasteiger partial charge on any atom is -0.448 e. The molecule has 0 aromatic carbocycles. The number of rotatable bonds is 5. The van der Waals surface area contributed by atoms with Crippen LogP contribution in [0.1, 0.15) is 22.9 Å². The van der Waals surface area contributed by atoms with E-state index in [9.17, 15) is 9.90 Å². The van der Waals surface area contributed by atoms with E-state index >= 15 is 0 Å². The molecule has 1 amide bonds. The summed E-state index contributed by atoms with van der Waals surface area (Å²) in [6.07, 6.45) is 7.59. The Morgan fingerprint density at radius 2 is 1.70 bits per heavy atom. The molecule has 3 aromatic heterocycles. The van der Waals surface area contributed by atoms with Crippen molar-refractivity contribution in [3.63, 3.8) is 0 Å². The number of nitrogens with zero attached hydrogens (tertiary/aromatic N) is 4. The predicted molar refractivity (Wildman–Crippen MR) is 96.5 cm³/mol. The fraction of sp³-hybridized carbons (Fsp3) is 0.200. The summed E-state index contributed by atoms with van der Waals surface area (Å²) in [5, 5.41) is 12.1. The molecule has 0 radical (unpaired) electrons. The van der Waals surface area contributed by atoms with Crippen LogP contribution in [0.5, 0.6) is 0 Å². The summed E-state index contributed by atoms with van der Waals surface area (Å²) in [7, 11) is 0. The maximum absolute atomic E-state index is 12.4. The van der Waals surface area contributed by atoms with Crippen molar-refractivity contribution in [1.82, 2.24) is 19.9 Å². The lowest BCUT2D eigenvalue weighted by atomic mass is 9.79. The third-order valence-corrected chi connectivity index (χ3v) is 4.67. The molecule has 4 rings (SSSR count). The summed E-state index contributed by atoms with van der Waals surface area (Å²) in [6.45, 7) is 0.612. The fourth-order valence-corrected chi connectivity index (χ4v) is 3.44. The molecule has 1 aliphatic rings. The summed E-state index contributed by atoms with van der Waals surface area (Å²) >= 11 is 0. The van der Waals surface area contributed by atoms with Crippen molar-refractivity contribution in [1.29, 1.82) is 0 Å². The van der Waals surface area contributed by atoms with Crippen LogP contribution in [0.2, 0.25) is 0 Å². The smallest absolute Gasteiger partial charge is 0.410 e. The molecule has 3 aromatic rings. The van der Waals surface area contributed by atoms with Gasteiger partial charge in [0.15, 0.2) is 0 Å². The van der Waals surface area contributed by atoms with Crippen molar-refractivity contribution in [2.75, 3.05) is 13.2 Å². The zero-order valence-electron chi connectivity index (χ0n) is 14.5. The first kappa shape index (κ1) is 17.1. The van der Waals surface area contributed by atoms with Crippen molar-refractivity contribution < 1.29 is 14.6 Å². The summed E-state index contributed by atoms with van der Waals surface area (Å²) in [5.41, 5.74) is 0.00788. The molecule has 0 bridgehead atoms. The van der Waals surface area contributed by atoms with E-state index in [2.05, 4.69) is 15.0 Å². The Labute approximate surface area is 156 Å². The highest BCUT2D eigenvalue weighted by molar-refractivity contribution is 5.70. The number of aromatic nitrogens is 3. The number of ether oxygens (including phenoxy) is 1. The molecule has 4 heterocycles. The molecule has 1 saturated heterocycles. The van der Waals surface area contributed by atoms with E-state index in [1.807, 2.05) is 6.07 Å². The second-order valence-corrected chi connectivity index (χ2v) is 6.21. The van der Waals surface area contributed by atoms with Gasteiger partial charge in [0.1, 0.15) is 18.2 Å². The molecule has 0 aliphatic carbocycles. The Kier molecular flexibility index (Phi) is 4.52. The Balaban J connectivity index is 1.96. The van der Waals surface area contributed by atoms with Crippen molar-refractivity contribution in [3.05, 3.63) is 90.3 Å². The van der Waals surface area contributed by atoms with Gasteiger partial charge in [0.05, 0.1) is 12.2 Å². The number of pyridine rings is 3. The van der Waals surface area contributed by atoms with E-state index in [0.717, 1.165) is 0 Å². The van der Waals surface area contributed by atoms with Crippen LogP contribution in [0.25, 0.3) is 0 Å². The van der Waals surface area contributed by atoms with E-state index in [-0.39, 0.29) is 6.61 Å². The number of amides is 1. The highest BCUT2D eigenvalue weighted by Gasteiger charge is 2.49. The van der Waals surface area contributed by atoms with E-state index in [1.165, 1.54) is 4.90 Å². The van der Waals surface area contributed by atoms with Crippen LogP contribution in [-0.2, 0) is 10.3 Å². The number of cyclic esters (lactones) is 1. The third-order valence-electron chi connectivity index (χ3n) is 4.67. The van der Waals surface area contributed by atoms with Crippen LogP contribution < -0.4 is 0 Å². The van der Waals surface area contributed by atoms with Crippen LogP contribution in [0, 0.1) is 0 Å². The molecule has 7 heteroatoms. The van der Waals surface area contributed by atoms with Gasteiger partial charge in [-0.2, -0.15) is 0 Å². The molecule has 7 nitrogen and oxygen atoms in total. The maximum Gasteiger partial charge on any atom is 0.410 e. The van der Waals surface area contributed by atoms with Crippen LogP contribution in [0.4, 0.5) is 4.79 Å². The molecule has 1 fully saturated rings. The van der Waals surface area contributed by atoms with Crippen molar-refractivity contribution in [3.8, 4) is 0 Å². The molecule has 0 saturated carbocycles. The molecule has 1 N–H and O–H groups in total. The third kappa shape index (κ3) is 3.02. The Hall–Kier alpha value is -3.32. The largest absolute Gasteiger partial charge is 0.448 e. The number of hydrogen-bond acceptors (Lipinski definition) is 6. The number of hydrogen-bond donors (Lipinski definition) is 1. The Bertz CT molecular complexity index is 867. The van der Waals surface area contributed by atoms with Crippen LogP contribution in [-0.4, -0.2) is 44.2 Å². The van der Waals surface area contributed by atoms with Gasteiger partial charge in [0, 0.05) is 42.1 Å². The van der Waals surface area contributed by atoms with Gasteiger partial charge in [-0.3, -0.25) is 19.9 Å². The van der Waals surface area contributed by atoms with Gasteiger partial charge in [-0.15, -0.1) is 0 Å². The van der Waals surface area contributed by atoms with Crippen LogP contribution in [0.15, 0.2) is 73.4 Å². The van der Waals surface area contributed by atoms with Crippen LogP contribution in [0.3, 0.4) is 0 Å². The molecule has 27 heavy (non-hydrogen) atoms. The first-order valence-corrected chi connectivity index (χ1v) is 8.59. The predicted octanol–water partition coefficient (Wildman–Crippen LogP) is 2.30. The first-order chi connectivity index (χ1) is 13.2. The van der Waals surface area contributed by atoms with Gasteiger partial charge in [-0.05, 0) is 24.3 Å². The number of aliphatic hydroxyl groups is 1. The Morgan fingerprint density at radius 1 is 1.00 bits per heavy atom. The SMILES string of the molecule is O=C1OCCN1C(c1ccccn1)C(O)(c1cccnc1)c1cccnc1. The van der Waals surface area contributed by atoms with Crippen LogP contribution >= 0.6 is 0 Å². The molecule has 1 atom stereocenters. The summed E-state index contributed by atoms with van der Waals surface area (Å²) in [6, 6.07) is 11.6.